The Morgan fingerprint density at radius 2 is 1.81 bits per heavy atom. The molecule has 1 aromatic heterocycles. The maximum absolute atomic E-state index is 12.3. The maximum atomic E-state index is 12.3. The predicted molar refractivity (Wildman–Crippen MR) is 104 cm³/mol. The molecule has 3 rings (SSSR count). The summed E-state index contributed by atoms with van der Waals surface area (Å²) >= 11 is 6.96. The van der Waals surface area contributed by atoms with Crippen LogP contribution in [0.3, 0.4) is 0 Å². The van der Waals surface area contributed by atoms with Crippen LogP contribution in [0.25, 0.3) is 0 Å². The van der Waals surface area contributed by atoms with E-state index in [4.69, 9.17) is 16.3 Å². The van der Waals surface area contributed by atoms with Crippen LogP contribution in [0.1, 0.15) is 22.5 Å². The number of thiophene rings is 1. The number of nitrogens with zero attached hydrogens (tertiary/aromatic N) is 1. The van der Waals surface area contributed by atoms with Gasteiger partial charge >= 0.3 is 12.0 Å². The largest absolute Gasteiger partial charge is 0.457 e. The maximum Gasteiger partial charge on any atom is 0.321 e. The van der Waals surface area contributed by atoms with Crippen molar-refractivity contribution in [3.8, 4) is 0 Å². The fourth-order valence-corrected chi connectivity index (χ4v) is 3.80. The Hall–Kier alpha value is -2.38. The number of esters is 1. The summed E-state index contributed by atoms with van der Waals surface area (Å²) in [4.78, 5) is 38.6. The van der Waals surface area contributed by atoms with Gasteiger partial charge in [-0.25, -0.2) is 4.79 Å². The highest BCUT2D eigenvalue weighted by molar-refractivity contribution is 7.18. The molecule has 1 saturated heterocycles. The Morgan fingerprint density at radius 1 is 1.11 bits per heavy atom. The van der Waals surface area contributed by atoms with Crippen molar-refractivity contribution in [1.82, 2.24) is 4.90 Å². The molecule has 1 aliphatic heterocycles. The average Bonchev–Trinajstić information content (AvgIpc) is 3.13. The minimum atomic E-state index is -0.394. The standard InChI is InChI=1S/C19H19ClN2O4S/c20-17-7-6-16(27-17)15(23)12-26-18(24)13-8-10-22(11-9-13)19(25)21-14-4-2-1-3-5-14/h1-7,13H,8-12H2,(H,21,25). The van der Waals surface area contributed by atoms with Crippen molar-refractivity contribution in [3.05, 3.63) is 51.7 Å². The molecule has 6 nitrogen and oxygen atoms in total. The molecule has 8 heteroatoms. The minimum Gasteiger partial charge on any atom is -0.457 e. The van der Waals surface area contributed by atoms with E-state index in [1.54, 1.807) is 17.0 Å². The number of halogens is 1. The summed E-state index contributed by atoms with van der Waals surface area (Å²) in [7, 11) is 0. The quantitative estimate of drug-likeness (QED) is 0.599. The number of amides is 2. The summed E-state index contributed by atoms with van der Waals surface area (Å²) in [5.74, 6) is -0.959. The number of ether oxygens (including phenoxy) is 1. The number of hydrogen-bond donors (Lipinski definition) is 1. The number of benzene rings is 1. The number of Topliss-reactive ketones (excluding diaryl/α,β-unsaturated/α-hetero) is 1. The molecule has 27 heavy (non-hydrogen) atoms. The summed E-state index contributed by atoms with van der Waals surface area (Å²) in [5, 5.41) is 2.83. The second-order valence-corrected chi connectivity index (χ2v) is 7.91. The van der Waals surface area contributed by atoms with Gasteiger partial charge in [0.05, 0.1) is 15.1 Å². The fourth-order valence-electron chi connectivity index (χ4n) is 2.83. The van der Waals surface area contributed by atoms with Gasteiger partial charge in [0, 0.05) is 18.8 Å². The van der Waals surface area contributed by atoms with Gasteiger partial charge in [0.15, 0.2) is 6.61 Å². The number of nitrogens with one attached hydrogen (secondary N) is 1. The normalized spacial score (nSPS) is 14.6. The van der Waals surface area contributed by atoms with E-state index in [2.05, 4.69) is 5.32 Å². The number of likely N-dealkylation sites (tertiary alicyclic amines) is 1. The van der Waals surface area contributed by atoms with Crippen molar-refractivity contribution in [3.63, 3.8) is 0 Å². The molecule has 0 spiro atoms. The van der Waals surface area contributed by atoms with Crippen LogP contribution >= 0.6 is 22.9 Å². The van der Waals surface area contributed by atoms with Crippen LogP contribution < -0.4 is 5.32 Å². The Bertz CT molecular complexity index is 816. The Labute approximate surface area is 166 Å². The molecule has 0 bridgehead atoms. The first kappa shape index (κ1) is 19.4. The minimum absolute atomic E-state index is 0.183. The molecule has 0 radical (unpaired) electrons. The summed E-state index contributed by atoms with van der Waals surface area (Å²) in [6.45, 7) is 0.643. The van der Waals surface area contributed by atoms with Gasteiger partial charge in [-0.05, 0) is 37.1 Å². The molecule has 0 atom stereocenters. The number of carbonyl (C=O) groups excluding carboxylic acids is 3. The molecule has 0 aliphatic carbocycles. The number of carbonyl (C=O) groups is 3. The number of piperidine rings is 1. The van der Waals surface area contributed by atoms with Gasteiger partial charge in [-0.3, -0.25) is 9.59 Å². The molecule has 2 amide bonds. The predicted octanol–water partition coefficient (Wildman–Crippen LogP) is 4.07. The first-order valence-corrected chi connectivity index (χ1v) is 9.78. The number of hydrogen-bond acceptors (Lipinski definition) is 5. The van der Waals surface area contributed by atoms with E-state index in [-0.39, 0.29) is 24.3 Å². The van der Waals surface area contributed by atoms with E-state index < -0.39 is 5.97 Å². The molecule has 1 N–H and O–H groups in total. The Kier molecular flexibility index (Phi) is 6.47. The van der Waals surface area contributed by atoms with Crippen molar-refractivity contribution in [2.75, 3.05) is 25.0 Å². The third kappa shape index (κ3) is 5.30. The fraction of sp³-hybridized carbons (Fsp3) is 0.316. The summed E-state index contributed by atoms with van der Waals surface area (Å²) < 4.78 is 5.67. The monoisotopic (exact) mass is 406 g/mol. The number of anilines is 1. The zero-order valence-electron chi connectivity index (χ0n) is 14.5. The average molecular weight is 407 g/mol. The van der Waals surface area contributed by atoms with Gasteiger partial charge in [0.2, 0.25) is 5.78 Å². The second kappa shape index (κ2) is 9.01. The van der Waals surface area contributed by atoms with Crippen LogP contribution in [0, 0.1) is 5.92 Å². The lowest BCUT2D eigenvalue weighted by atomic mass is 9.97. The topological polar surface area (TPSA) is 75.7 Å². The zero-order valence-corrected chi connectivity index (χ0v) is 16.1. The highest BCUT2D eigenvalue weighted by Gasteiger charge is 2.29. The smallest absolute Gasteiger partial charge is 0.321 e. The second-order valence-electron chi connectivity index (χ2n) is 6.19. The molecule has 1 fully saturated rings. The number of urea groups is 1. The molecular weight excluding hydrogens is 388 g/mol. The van der Waals surface area contributed by atoms with Crippen LogP contribution in [0.5, 0.6) is 0 Å². The van der Waals surface area contributed by atoms with E-state index in [9.17, 15) is 14.4 Å². The van der Waals surface area contributed by atoms with Gasteiger partial charge < -0.3 is 15.0 Å². The number of rotatable bonds is 5. The van der Waals surface area contributed by atoms with E-state index in [0.29, 0.717) is 35.1 Å². The molecule has 1 aliphatic rings. The molecule has 1 aromatic carbocycles. The van der Waals surface area contributed by atoms with Crippen LogP contribution in [-0.2, 0) is 9.53 Å². The van der Waals surface area contributed by atoms with Crippen LogP contribution in [0.15, 0.2) is 42.5 Å². The van der Waals surface area contributed by atoms with E-state index >= 15 is 0 Å². The number of ketones is 1. The molecular formula is C19H19ClN2O4S. The first-order valence-electron chi connectivity index (χ1n) is 8.59. The lowest BCUT2D eigenvalue weighted by Crippen LogP contribution is -2.42. The van der Waals surface area contributed by atoms with Gasteiger partial charge in [-0.15, -0.1) is 11.3 Å². The van der Waals surface area contributed by atoms with E-state index in [1.807, 2.05) is 30.3 Å². The third-order valence-electron chi connectivity index (χ3n) is 4.33. The Morgan fingerprint density at radius 3 is 2.44 bits per heavy atom. The third-order valence-corrected chi connectivity index (χ3v) is 5.61. The molecule has 2 heterocycles. The van der Waals surface area contributed by atoms with Crippen molar-refractivity contribution in [1.29, 1.82) is 0 Å². The summed E-state index contributed by atoms with van der Waals surface area (Å²) in [6.07, 6.45) is 1.03. The first-order chi connectivity index (χ1) is 13.0. The van der Waals surface area contributed by atoms with Crippen molar-refractivity contribution < 1.29 is 19.1 Å². The lowest BCUT2D eigenvalue weighted by molar-refractivity contribution is -0.148. The van der Waals surface area contributed by atoms with E-state index in [1.165, 1.54) is 0 Å². The Balaban J connectivity index is 1.42. The van der Waals surface area contributed by atoms with Crippen molar-refractivity contribution >= 4 is 46.4 Å². The zero-order chi connectivity index (χ0) is 19.2. The molecule has 0 unspecified atom stereocenters. The molecule has 0 saturated carbocycles. The van der Waals surface area contributed by atoms with Gasteiger partial charge in [0.1, 0.15) is 0 Å². The van der Waals surface area contributed by atoms with Gasteiger partial charge in [-0.2, -0.15) is 0 Å². The SMILES string of the molecule is O=C(COC(=O)C1CCN(C(=O)Nc2ccccc2)CC1)c1ccc(Cl)s1. The molecule has 142 valence electrons. The van der Waals surface area contributed by atoms with E-state index in [0.717, 1.165) is 17.0 Å². The van der Waals surface area contributed by atoms with Crippen molar-refractivity contribution in [2.45, 2.75) is 12.8 Å². The van der Waals surface area contributed by atoms with Crippen LogP contribution in [0.2, 0.25) is 4.34 Å². The van der Waals surface area contributed by atoms with Gasteiger partial charge in [-0.1, -0.05) is 29.8 Å². The van der Waals surface area contributed by atoms with Gasteiger partial charge in [0.25, 0.3) is 0 Å². The summed E-state index contributed by atoms with van der Waals surface area (Å²) in [5.41, 5.74) is 0.733. The van der Waals surface area contributed by atoms with Crippen LogP contribution in [0.4, 0.5) is 10.5 Å². The highest BCUT2D eigenvalue weighted by atomic mass is 35.5. The van der Waals surface area contributed by atoms with Crippen molar-refractivity contribution in [2.24, 2.45) is 5.92 Å². The molecule has 2 aromatic rings. The summed E-state index contributed by atoms with van der Waals surface area (Å²) in [6, 6.07) is 12.3. The van der Waals surface area contributed by atoms with Crippen LogP contribution in [-0.4, -0.2) is 42.4 Å². The number of para-hydroxylation sites is 1. The highest BCUT2D eigenvalue weighted by Crippen LogP contribution is 2.23. The lowest BCUT2D eigenvalue weighted by Gasteiger charge is -2.30.